The van der Waals surface area contributed by atoms with Gasteiger partial charge in [-0.25, -0.2) is 9.82 Å². The second-order valence-electron chi connectivity index (χ2n) is 4.26. The minimum atomic E-state index is 0.497. The molecule has 0 amide bonds. The first-order valence-electron chi connectivity index (χ1n) is 5.00. The van der Waals surface area contributed by atoms with Gasteiger partial charge >= 0.3 is 0 Å². The van der Waals surface area contributed by atoms with Crippen molar-refractivity contribution in [2.24, 2.45) is 16.2 Å². The Morgan fingerprint density at radius 2 is 2.31 bits per heavy atom. The quantitative estimate of drug-likeness (QED) is 0.633. The Morgan fingerprint density at radius 3 is 3.08 bits per heavy atom. The van der Waals surface area contributed by atoms with Crippen LogP contribution in [-0.4, -0.2) is 11.8 Å². The Morgan fingerprint density at radius 1 is 1.46 bits per heavy atom. The van der Waals surface area contributed by atoms with E-state index in [0.717, 1.165) is 11.8 Å². The number of nitrogens with one attached hydrogen (secondary N) is 2. The minimum Gasteiger partial charge on any atom is -0.238 e. The summed E-state index contributed by atoms with van der Waals surface area (Å²) in [5.41, 5.74) is 4.62. The fourth-order valence-corrected chi connectivity index (χ4v) is 2.62. The molecule has 3 nitrogen and oxygen atoms in total. The highest BCUT2D eigenvalue weighted by Crippen LogP contribution is 2.30. The molecule has 4 heteroatoms. The number of hydrogen-bond donors (Lipinski definition) is 2. The summed E-state index contributed by atoms with van der Waals surface area (Å²) in [4.78, 5) is 3.01. The van der Waals surface area contributed by atoms with E-state index in [0.29, 0.717) is 6.04 Å². The summed E-state index contributed by atoms with van der Waals surface area (Å²) in [6.45, 7) is 4.63. The highest BCUT2D eigenvalue weighted by molar-refractivity contribution is 7.96. The lowest BCUT2D eigenvalue weighted by molar-refractivity contribution is 0.321. The average Bonchev–Trinajstić information content (AvgIpc) is 2.17. The first-order valence-corrected chi connectivity index (χ1v) is 5.78. The molecule has 1 saturated carbocycles. The Hall–Kier alpha value is -0.0600. The Bertz CT molecular complexity index is 215. The zero-order valence-corrected chi connectivity index (χ0v) is 9.03. The van der Waals surface area contributed by atoms with Crippen molar-refractivity contribution in [1.82, 2.24) is 10.3 Å². The van der Waals surface area contributed by atoms with Crippen LogP contribution in [0.3, 0.4) is 0 Å². The summed E-state index contributed by atoms with van der Waals surface area (Å²) >= 11 is 1.42. The van der Waals surface area contributed by atoms with Crippen LogP contribution in [0.5, 0.6) is 0 Å². The van der Waals surface area contributed by atoms with Gasteiger partial charge in [-0.1, -0.05) is 13.8 Å². The normalized spacial score (nSPS) is 34.2. The zero-order valence-electron chi connectivity index (χ0n) is 8.21. The molecule has 0 radical (unpaired) electrons. The van der Waals surface area contributed by atoms with Crippen LogP contribution in [0, 0.1) is 11.8 Å². The predicted molar refractivity (Wildman–Crippen MR) is 57.3 cm³/mol. The van der Waals surface area contributed by atoms with E-state index in [1.165, 1.54) is 37.1 Å². The fraction of sp³-hybridized carbons (Fsp3) is 0.889. The van der Waals surface area contributed by atoms with Gasteiger partial charge in [0.05, 0.1) is 18.2 Å². The van der Waals surface area contributed by atoms with Gasteiger partial charge in [0, 0.05) is 5.71 Å². The number of hydrogen-bond acceptors (Lipinski definition) is 4. The maximum atomic E-state index is 4.44. The maximum Gasteiger partial charge on any atom is 0.0739 e. The molecule has 1 aliphatic carbocycles. The summed E-state index contributed by atoms with van der Waals surface area (Å²) in [6.07, 6.45) is 3.75. The van der Waals surface area contributed by atoms with Crippen LogP contribution in [0.25, 0.3) is 0 Å². The first kappa shape index (κ1) is 9.49. The molecule has 0 aromatic carbocycles. The van der Waals surface area contributed by atoms with Crippen LogP contribution in [-0.2, 0) is 0 Å². The van der Waals surface area contributed by atoms with Crippen molar-refractivity contribution in [2.45, 2.75) is 39.2 Å². The summed E-state index contributed by atoms with van der Waals surface area (Å²) in [5, 5.41) is 0. The summed E-state index contributed by atoms with van der Waals surface area (Å²) in [7, 11) is 0. The van der Waals surface area contributed by atoms with Crippen molar-refractivity contribution in [3.63, 3.8) is 0 Å². The molecule has 2 aliphatic rings. The van der Waals surface area contributed by atoms with E-state index in [1.54, 1.807) is 0 Å². The van der Waals surface area contributed by atoms with Gasteiger partial charge in [-0.3, -0.25) is 0 Å². The molecule has 0 bridgehead atoms. The number of rotatable bonds is 1. The van der Waals surface area contributed by atoms with E-state index in [-0.39, 0.29) is 0 Å². The van der Waals surface area contributed by atoms with Crippen LogP contribution >= 0.6 is 12.1 Å². The number of nitrogens with zero attached hydrogens (tertiary/aromatic N) is 1. The van der Waals surface area contributed by atoms with Gasteiger partial charge in [-0.15, -0.1) is 0 Å². The Labute approximate surface area is 84.0 Å². The molecular weight excluding hydrogens is 182 g/mol. The second kappa shape index (κ2) is 3.98. The molecule has 1 unspecified atom stereocenters. The van der Waals surface area contributed by atoms with Crippen molar-refractivity contribution < 1.29 is 0 Å². The van der Waals surface area contributed by atoms with E-state index >= 15 is 0 Å². The van der Waals surface area contributed by atoms with Gasteiger partial charge in [-0.2, -0.15) is 4.83 Å². The van der Waals surface area contributed by atoms with E-state index in [2.05, 4.69) is 28.5 Å². The number of fused-ring (bicyclic) bond motifs is 1. The van der Waals surface area contributed by atoms with Crippen LogP contribution in [0.2, 0.25) is 0 Å². The molecule has 0 aromatic heterocycles. The average molecular weight is 199 g/mol. The molecule has 1 aliphatic heterocycles. The fourth-order valence-electron chi connectivity index (χ4n) is 2.06. The molecule has 0 aromatic rings. The SMILES string of the molecule is CC(C)C1CC[C@H]2NNSN=C2C1. The van der Waals surface area contributed by atoms with Crippen LogP contribution in [0.1, 0.15) is 33.1 Å². The number of hydrazine groups is 1. The second-order valence-corrected chi connectivity index (χ2v) is 4.83. The predicted octanol–water partition coefficient (Wildman–Crippen LogP) is 1.92. The highest BCUT2D eigenvalue weighted by atomic mass is 32.2. The standard InChI is InChI=1S/C9H17N3S/c1-6(2)7-3-4-8-9(5-7)11-13-12-10-8/h6-8,10,12H,3-5H2,1-2H3/t7?,8-/m1/s1. The lowest BCUT2D eigenvalue weighted by atomic mass is 9.79. The molecule has 13 heavy (non-hydrogen) atoms. The van der Waals surface area contributed by atoms with Crippen molar-refractivity contribution in [3.8, 4) is 0 Å². The van der Waals surface area contributed by atoms with Crippen LogP contribution < -0.4 is 10.3 Å². The molecule has 1 fully saturated rings. The minimum absolute atomic E-state index is 0.497. The molecule has 2 rings (SSSR count). The molecule has 2 N–H and O–H groups in total. The van der Waals surface area contributed by atoms with Crippen molar-refractivity contribution >= 4 is 17.8 Å². The third-order valence-corrected chi connectivity index (χ3v) is 3.62. The molecule has 0 spiro atoms. The van der Waals surface area contributed by atoms with Gasteiger partial charge in [0.15, 0.2) is 0 Å². The Balaban J connectivity index is 2.02. The van der Waals surface area contributed by atoms with Crippen molar-refractivity contribution in [2.75, 3.05) is 0 Å². The third-order valence-electron chi connectivity index (χ3n) is 3.08. The van der Waals surface area contributed by atoms with E-state index in [9.17, 15) is 0 Å². The third kappa shape index (κ3) is 2.06. The lowest BCUT2D eigenvalue weighted by Gasteiger charge is -2.34. The lowest BCUT2D eigenvalue weighted by Crippen LogP contribution is -2.48. The largest absolute Gasteiger partial charge is 0.238 e. The van der Waals surface area contributed by atoms with Crippen molar-refractivity contribution in [3.05, 3.63) is 0 Å². The van der Waals surface area contributed by atoms with E-state index in [1.807, 2.05) is 0 Å². The molecule has 0 saturated heterocycles. The molecule has 1 heterocycles. The summed E-state index contributed by atoms with van der Waals surface area (Å²) < 4.78 is 4.44. The smallest absolute Gasteiger partial charge is 0.0739 e. The molecule has 2 atom stereocenters. The van der Waals surface area contributed by atoms with Crippen LogP contribution in [0.4, 0.5) is 0 Å². The van der Waals surface area contributed by atoms with Crippen LogP contribution in [0.15, 0.2) is 4.40 Å². The molecule has 74 valence electrons. The van der Waals surface area contributed by atoms with Gasteiger partial charge < -0.3 is 0 Å². The highest BCUT2D eigenvalue weighted by Gasteiger charge is 2.29. The summed E-state index contributed by atoms with van der Waals surface area (Å²) in [5.74, 6) is 1.64. The van der Waals surface area contributed by atoms with Gasteiger partial charge in [0.25, 0.3) is 0 Å². The van der Waals surface area contributed by atoms with Gasteiger partial charge in [-0.05, 0) is 31.1 Å². The Kier molecular flexibility index (Phi) is 2.91. The first-order chi connectivity index (χ1) is 6.27. The summed E-state index contributed by atoms with van der Waals surface area (Å²) in [6, 6.07) is 0.497. The van der Waals surface area contributed by atoms with E-state index < -0.39 is 0 Å². The van der Waals surface area contributed by atoms with Gasteiger partial charge in [0.1, 0.15) is 0 Å². The molecular formula is C9H17N3S. The van der Waals surface area contributed by atoms with E-state index in [4.69, 9.17) is 0 Å². The maximum absolute atomic E-state index is 4.44. The van der Waals surface area contributed by atoms with Gasteiger partial charge in [0.2, 0.25) is 0 Å². The monoisotopic (exact) mass is 199 g/mol. The topological polar surface area (TPSA) is 36.4 Å². The van der Waals surface area contributed by atoms with Crippen molar-refractivity contribution in [1.29, 1.82) is 0 Å². The zero-order chi connectivity index (χ0) is 9.26.